The van der Waals surface area contributed by atoms with E-state index in [4.69, 9.17) is 4.74 Å². The summed E-state index contributed by atoms with van der Waals surface area (Å²) < 4.78 is 6.74. The van der Waals surface area contributed by atoms with E-state index >= 15 is 0 Å². The fourth-order valence-corrected chi connectivity index (χ4v) is 2.66. The fourth-order valence-electron chi connectivity index (χ4n) is 2.66. The molecule has 0 amide bonds. The molecule has 7 nitrogen and oxygen atoms in total. The second-order valence-electron chi connectivity index (χ2n) is 5.84. The lowest BCUT2D eigenvalue weighted by molar-refractivity contribution is 0.0519. The number of ether oxygens (including phenoxy) is 1. The first-order valence-electron chi connectivity index (χ1n) is 7.91. The molecule has 0 atom stereocenters. The van der Waals surface area contributed by atoms with Crippen LogP contribution in [0, 0.1) is 0 Å². The summed E-state index contributed by atoms with van der Waals surface area (Å²) in [6.45, 7) is 1.98. The van der Waals surface area contributed by atoms with Crippen LogP contribution in [-0.4, -0.2) is 37.9 Å². The van der Waals surface area contributed by atoms with Gasteiger partial charge >= 0.3 is 5.97 Å². The quantitative estimate of drug-likeness (QED) is 0.575. The minimum atomic E-state index is -0.534. The second kappa shape index (κ2) is 5.59. The summed E-state index contributed by atoms with van der Waals surface area (Å²) in [6.07, 6.45) is 6.15. The number of imidazole rings is 1. The summed E-state index contributed by atoms with van der Waals surface area (Å²) in [5, 5.41) is 6.42. The van der Waals surface area contributed by atoms with Gasteiger partial charge in [-0.05, 0) is 37.3 Å². The van der Waals surface area contributed by atoms with Crippen molar-refractivity contribution in [3.8, 4) is 0 Å². The molecule has 0 aliphatic heterocycles. The van der Waals surface area contributed by atoms with Gasteiger partial charge in [0.05, 0.1) is 6.61 Å². The first-order valence-corrected chi connectivity index (χ1v) is 7.91. The van der Waals surface area contributed by atoms with Gasteiger partial charge in [-0.1, -0.05) is 6.07 Å². The molecule has 1 fully saturated rings. The first-order chi connectivity index (χ1) is 11.7. The molecule has 1 saturated carbocycles. The zero-order chi connectivity index (χ0) is 16.7. The Morgan fingerprint density at radius 3 is 2.88 bits per heavy atom. The maximum absolute atomic E-state index is 12.5. The number of carbonyl (C=O) groups is 2. The number of rotatable bonds is 5. The third kappa shape index (κ3) is 2.58. The number of pyridine rings is 1. The average molecular weight is 324 g/mol. The molecule has 4 rings (SSSR count). The van der Waals surface area contributed by atoms with Crippen molar-refractivity contribution in [2.24, 2.45) is 0 Å². The largest absolute Gasteiger partial charge is 0.461 e. The molecule has 1 aliphatic carbocycles. The molecule has 0 bridgehead atoms. The van der Waals surface area contributed by atoms with E-state index in [2.05, 4.69) is 21.2 Å². The van der Waals surface area contributed by atoms with Crippen LogP contribution in [-0.2, 0) is 4.74 Å². The monoisotopic (exact) mass is 324 g/mol. The molecule has 7 heteroatoms. The van der Waals surface area contributed by atoms with E-state index in [1.807, 2.05) is 16.7 Å². The Bertz CT molecular complexity index is 936. The highest BCUT2D eigenvalue weighted by molar-refractivity contribution is 6.07. The number of nitrogens with one attached hydrogen (secondary N) is 1. The second-order valence-corrected chi connectivity index (χ2v) is 5.84. The minimum Gasteiger partial charge on any atom is -0.461 e. The Kier molecular flexibility index (Phi) is 3.41. The van der Waals surface area contributed by atoms with Crippen LogP contribution in [0.2, 0.25) is 0 Å². The molecule has 0 spiro atoms. The van der Waals surface area contributed by atoms with Gasteiger partial charge < -0.3 is 9.14 Å². The predicted octanol–water partition coefficient (Wildman–Crippen LogP) is 2.34. The van der Waals surface area contributed by atoms with Gasteiger partial charge in [0.2, 0.25) is 5.78 Å². The lowest BCUT2D eigenvalue weighted by Gasteiger charge is -1.98. The van der Waals surface area contributed by atoms with E-state index in [1.165, 1.54) is 24.5 Å². The molecule has 1 N–H and O–H groups in total. The molecular weight excluding hydrogens is 308 g/mol. The maximum Gasteiger partial charge on any atom is 0.356 e. The van der Waals surface area contributed by atoms with Crippen LogP contribution in [0.25, 0.3) is 5.65 Å². The molecule has 122 valence electrons. The van der Waals surface area contributed by atoms with E-state index in [-0.39, 0.29) is 23.8 Å². The number of aromatic nitrogens is 4. The van der Waals surface area contributed by atoms with Crippen molar-refractivity contribution in [1.29, 1.82) is 0 Å². The topological polar surface area (TPSA) is 89.3 Å². The van der Waals surface area contributed by atoms with Gasteiger partial charge in [0.1, 0.15) is 22.7 Å². The number of nitrogens with zero attached hydrogens (tertiary/aromatic N) is 3. The zero-order valence-corrected chi connectivity index (χ0v) is 13.2. The van der Waals surface area contributed by atoms with Gasteiger partial charge in [-0.15, -0.1) is 0 Å². The summed E-state index contributed by atoms with van der Waals surface area (Å²) >= 11 is 0. The molecule has 3 aromatic rings. The number of H-pyrrole nitrogens is 1. The lowest BCUT2D eigenvalue weighted by atomic mass is 10.2. The smallest absolute Gasteiger partial charge is 0.356 e. The van der Waals surface area contributed by atoms with Crippen molar-refractivity contribution in [2.75, 3.05) is 6.61 Å². The van der Waals surface area contributed by atoms with Crippen LogP contribution >= 0.6 is 0 Å². The fraction of sp³-hybridized carbons (Fsp3) is 0.294. The lowest BCUT2D eigenvalue weighted by Crippen LogP contribution is -2.04. The van der Waals surface area contributed by atoms with Crippen molar-refractivity contribution in [3.63, 3.8) is 0 Å². The average Bonchev–Trinajstić information content (AvgIpc) is 3.16. The van der Waals surface area contributed by atoms with E-state index in [1.54, 1.807) is 13.1 Å². The molecule has 0 unspecified atom stereocenters. The highest BCUT2D eigenvalue weighted by Crippen LogP contribution is 2.39. The van der Waals surface area contributed by atoms with Crippen molar-refractivity contribution in [1.82, 2.24) is 19.6 Å². The number of esters is 1. The van der Waals surface area contributed by atoms with Crippen LogP contribution in [0.1, 0.15) is 57.9 Å². The van der Waals surface area contributed by atoms with Gasteiger partial charge in [-0.3, -0.25) is 9.89 Å². The Labute approximate surface area is 137 Å². The van der Waals surface area contributed by atoms with Crippen molar-refractivity contribution >= 4 is 17.4 Å². The predicted molar refractivity (Wildman–Crippen MR) is 85.1 cm³/mol. The van der Waals surface area contributed by atoms with Crippen LogP contribution in [0.15, 0.2) is 30.6 Å². The summed E-state index contributed by atoms with van der Waals surface area (Å²) in [6, 6.07) is 5.36. The Hall–Kier alpha value is -2.96. The number of hydrogen-bond acceptors (Lipinski definition) is 5. The van der Waals surface area contributed by atoms with Gasteiger partial charge in [-0.2, -0.15) is 5.10 Å². The molecule has 0 aromatic carbocycles. The summed E-state index contributed by atoms with van der Waals surface area (Å²) in [5.41, 5.74) is 2.57. The zero-order valence-electron chi connectivity index (χ0n) is 13.2. The van der Waals surface area contributed by atoms with E-state index < -0.39 is 5.97 Å². The third-order valence-corrected chi connectivity index (χ3v) is 4.06. The minimum absolute atomic E-state index is 0.142. The Morgan fingerprint density at radius 2 is 2.12 bits per heavy atom. The number of hydrogen-bond donors (Lipinski definition) is 1. The van der Waals surface area contributed by atoms with Crippen molar-refractivity contribution in [2.45, 2.75) is 25.7 Å². The molecule has 0 radical (unpaired) electrons. The summed E-state index contributed by atoms with van der Waals surface area (Å²) in [7, 11) is 0. The molecule has 24 heavy (non-hydrogen) atoms. The van der Waals surface area contributed by atoms with Crippen LogP contribution in [0.3, 0.4) is 0 Å². The number of carbonyl (C=O) groups excluding carboxylic acids is 2. The number of fused-ring (bicyclic) bond motifs is 1. The standard InChI is InChI=1S/C17H16N4O3/c1-2-24-17(23)13-7-12(19-20-13)16(22)14-9-21-8-11(10-3-4-10)5-6-15(21)18-14/h5-10H,2-4H2,1H3,(H,19,20). The van der Waals surface area contributed by atoms with Crippen LogP contribution in [0.5, 0.6) is 0 Å². The highest BCUT2D eigenvalue weighted by Gasteiger charge is 2.24. The van der Waals surface area contributed by atoms with Gasteiger partial charge in [0.15, 0.2) is 0 Å². The Balaban J connectivity index is 1.62. The third-order valence-electron chi connectivity index (χ3n) is 4.06. The van der Waals surface area contributed by atoms with Gasteiger partial charge in [0.25, 0.3) is 0 Å². The van der Waals surface area contributed by atoms with Crippen LogP contribution in [0.4, 0.5) is 0 Å². The molecule has 3 heterocycles. The molecular formula is C17H16N4O3. The van der Waals surface area contributed by atoms with Crippen molar-refractivity contribution in [3.05, 3.63) is 53.2 Å². The van der Waals surface area contributed by atoms with E-state index in [9.17, 15) is 9.59 Å². The number of ketones is 1. The van der Waals surface area contributed by atoms with Gasteiger partial charge in [0, 0.05) is 18.5 Å². The summed E-state index contributed by atoms with van der Waals surface area (Å²) in [5.74, 6) is -0.235. The van der Waals surface area contributed by atoms with Crippen LogP contribution < -0.4 is 0 Å². The molecule has 1 aliphatic rings. The molecule has 0 saturated heterocycles. The SMILES string of the molecule is CCOC(=O)c1cc(C(=O)c2cn3cc(C4CC4)ccc3n2)n[nH]1. The Morgan fingerprint density at radius 1 is 1.29 bits per heavy atom. The summed E-state index contributed by atoms with van der Waals surface area (Å²) in [4.78, 5) is 28.5. The highest BCUT2D eigenvalue weighted by atomic mass is 16.5. The number of aromatic amines is 1. The first kappa shape index (κ1) is 14.6. The van der Waals surface area contributed by atoms with Gasteiger partial charge in [-0.25, -0.2) is 9.78 Å². The van der Waals surface area contributed by atoms with Crippen molar-refractivity contribution < 1.29 is 14.3 Å². The van der Waals surface area contributed by atoms with E-state index in [0.717, 1.165) is 0 Å². The molecule has 3 aromatic heterocycles. The maximum atomic E-state index is 12.5. The normalized spacial score (nSPS) is 14.0. The van der Waals surface area contributed by atoms with E-state index in [0.29, 0.717) is 17.3 Å².